The molecule has 0 unspecified atom stereocenters. The first-order chi connectivity index (χ1) is 18.2. The van der Waals surface area contributed by atoms with Gasteiger partial charge in [0.25, 0.3) is 0 Å². The number of hydrogen-bond acceptors (Lipinski definition) is 11. The molecule has 2 bridgehead atoms. The number of benzene rings is 2. The monoisotopic (exact) mass is 541 g/mol. The Labute approximate surface area is 224 Å². The Morgan fingerprint density at radius 3 is 2.38 bits per heavy atom. The third kappa shape index (κ3) is 3.38. The maximum atomic E-state index is 14.1. The second-order valence-electron chi connectivity index (χ2n) is 11.6. The molecule has 1 saturated heterocycles. The van der Waals surface area contributed by atoms with Crippen LogP contribution in [0.5, 0.6) is 17.2 Å². The fraction of sp³-hybridized carbons (Fsp3) is 0.500. The Morgan fingerprint density at radius 2 is 1.74 bits per heavy atom. The van der Waals surface area contributed by atoms with E-state index in [0.29, 0.717) is 11.1 Å². The molecule has 11 nitrogen and oxygen atoms in total. The summed E-state index contributed by atoms with van der Waals surface area (Å²) in [5.74, 6) is -2.54. The van der Waals surface area contributed by atoms with E-state index in [1.165, 1.54) is 19.2 Å². The number of methoxy groups -OCH3 is 1. The molecule has 2 heterocycles. The van der Waals surface area contributed by atoms with Crippen LogP contribution < -0.4 is 4.74 Å². The van der Waals surface area contributed by atoms with Crippen molar-refractivity contribution in [3.63, 3.8) is 0 Å². The molecule has 2 aromatic rings. The third-order valence-electron chi connectivity index (χ3n) is 8.66. The van der Waals surface area contributed by atoms with Crippen LogP contribution in [-0.2, 0) is 21.5 Å². The molecular formula is C28H31NO10. The minimum atomic E-state index is -1.50. The number of carbonyl (C=O) groups excluding carboxylic acids is 2. The summed E-state index contributed by atoms with van der Waals surface area (Å²) in [5.41, 5.74) is -2.71. The van der Waals surface area contributed by atoms with Crippen molar-refractivity contribution in [3.8, 4) is 17.2 Å². The molecule has 0 spiro atoms. The Balaban J connectivity index is 1.58. The lowest BCUT2D eigenvalue weighted by Gasteiger charge is -2.53. The summed E-state index contributed by atoms with van der Waals surface area (Å²) in [7, 11) is 4.80. The van der Waals surface area contributed by atoms with Gasteiger partial charge in [0.05, 0.1) is 34.4 Å². The number of rotatable bonds is 2. The van der Waals surface area contributed by atoms with Gasteiger partial charge in [0, 0.05) is 36.6 Å². The van der Waals surface area contributed by atoms with Crippen molar-refractivity contribution in [1.29, 1.82) is 0 Å². The minimum Gasteiger partial charge on any atom is -0.507 e. The molecule has 0 radical (unpaired) electrons. The predicted molar refractivity (Wildman–Crippen MR) is 134 cm³/mol. The zero-order valence-electron chi connectivity index (χ0n) is 22.2. The molecule has 208 valence electrons. The quantitative estimate of drug-likeness (QED) is 0.312. The summed E-state index contributed by atoms with van der Waals surface area (Å²) in [6.07, 6.45) is -4.29. The molecular weight excluding hydrogens is 510 g/mol. The van der Waals surface area contributed by atoms with E-state index in [4.69, 9.17) is 14.2 Å². The van der Waals surface area contributed by atoms with Gasteiger partial charge < -0.3 is 44.6 Å². The van der Waals surface area contributed by atoms with Crippen LogP contribution in [0.25, 0.3) is 0 Å². The molecule has 0 amide bonds. The number of ether oxygens (including phenoxy) is 3. The van der Waals surface area contributed by atoms with Gasteiger partial charge in [0.15, 0.2) is 5.78 Å². The van der Waals surface area contributed by atoms with Crippen LogP contribution in [0.4, 0.5) is 0 Å². The lowest BCUT2D eigenvalue weighted by Crippen LogP contribution is -2.68. The van der Waals surface area contributed by atoms with Crippen LogP contribution in [0.2, 0.25) is 0 Å². The van der Waals surface area contributed by atoms with Crippen molar-refractivity contribution < 1.29 is 49.3 Å². The highest BCUT2D eigenvalue weighted by atomic mass is 16.7. The smallest absolute Gasteiger partial charge is 0.228 e. The van der Waals surface area contributed by atoms with Gasteiger partial charge in [-0.3, -0.25) is 9.59 Å². The molecule has 39 heavy (non-hydrogen) atoms. The highest BCUT2D eigenvalue weighted by Gasteiger charge is 2.59. The number of likely N-dealkylation sites (N-methyl/N-ethyl adjacent to an activating group) is 1. The number of aliphatic hydroxyl groups is 3. The zero-order valence-corrected chi connectivity index (χ0v) is 22.2. The molecule has 0 saturated carbocycles. The number of nitrogens with zero attached hydrogens (tertiary/aromatic N) is 1. The van der Waals surface area contributed by atoms with Crippen molar-refractivity contribution in [3.05, 3.63) is 51.1 Å². The first-order valence-corrected chi connectivity index (χ1v) is 12.7. The van der Waals surface area contributed by atoms with Crippen LogP contribution in [0.3, 0.4) is 0 Å². The number of fused-ring (bicyclic) bond motifs is 8. The van der Waals surface area contributed by atoms with Crippen LogP contribution in [0.1, 0.15) is 74.9 Å². The maximum Gasteiger partial charge on any atom is 0.228 e. The molecule has 0 aromatic heterocycles. The molecule has 11 heteroatoms. The van der Waals surface area contributed by atoms with Crippen molar-refractivity contribution in [2.24, 2.45) is 0 Å². The molecule has 5 N–H and O–H groups in total. The summed E-state index contributed by atoms with van der Waals surface area (Å²) in [5, 5.41) is 55.4. The zero-order chi connectivity index (χ0) is 28.3. The number of carbonyl (C=O) groups is 2. The molecule has 6 rings (SSSR count). The Kier molecular flexibility index (Phi) is 5.52. The van der Waals surface area contributed by atoms with Gasteiger partial charge in [0.1, 0.15) is 35.1 Å². The van der Waals surface area contributed by atoms with Gasteiger partial charge in [-0.25, -0.2) is 0 Å². The van der Waals surface area contributed by atoms with Crippen molar-refractivity contribution >= 4 is 11.6 Å². The summed E-state index contributed by atoms with van der Waals surface area (Å²) >= 11 is 0. The number of ketones is 2. The standard InChI is InChI=1S/C28H31NO10/c1-27(36)8-10-6-11-16(21(32)15(10)14(9-27)37-5)22(33)17-13(30)7-12-24(18(17)20(11)31)38-26-23(34)19(29(3)4)25(35)28(12,2)39-26/h6-7,14,19,23,25-26,30,32,34-36H,8-9H2,1-5H3/t14-,19+,23+,25-,26-,27-,28-/m1/s1. The van der Waals surface area contributed by atoms with E-state index in [-0.39, 0.29) is 46.4 Å². The Morgan fingerprint density at radius 1 is 1.05 bits per heavy atom. The van der Waals surface area contributed by atoms with E-state index in [9.17, 15) is 35.1 Å². The SMILES string of the molecule is CO[C@@H]1C[C@](C)(O)Cc2cc3c(c(O)c21)C(=O)c1c(O)cc2c(c1C3=O)O[C@@H]1O[C@@]2(C)[C@H](O)[C@@H](N(C)C)[C@@H]1O. The lowest BCUT2D eigenvalue weighted by atomic mass is 9.72. The lowest BCUT2D eigenvalue weighted by molar-refractivity contribution is -0.311. The highest BCUT2D eigenvalue weighted by molar-refractivity contribution is 6.31. The van der Waals surface area contributed by atoms with E-state index in [1.54, 1.807) is 32.8 Å². The fourth-order valence-corrected chi connectivity index (χ4v) is 6.76. The van der Waals surface area contributed by atoms with Gasteiger partial charge in [-0.15, -0.1) is 0 Å². The largest absolute Gasteiger partial charge is 0.507 e. The van der Waals surface area contributed by atoms with Crippen molar-refractivity contribution in [2.75, 3.05) is 21.2 Å². The van der Waals surface area contributed by atoms with E-state index < -0.39 is 64.9 Å². The molecule has 2 aromatic carbocycles. The number of phenols is 2. The number of aromatic hydroxyl groups is 2. The average molecular weight is 542 g/mol. The molecule has 4 aliphatic rings. The van der Waals surface area contributed by atoms with Gasteiger partial charge in [-0.1, -0.05) is 0 Å². The first kappa shape index (κ1) is 26.2. The highest BCUT2D eigenvalue weighted by Crippen LogP contribution is 2.54. The van der Waals surface area contributed by atoms with E-state index in [1.807, 2.05) is 0 Å². The van der Waals surface area contributed by atoms with Crippen LogP contribution in [-0.4, -0.2) is 93.3 Å². The number of phenolic OH excluding ortho intramolecular Hbond substituents is 2. The van der Waals surface area contributed by atoms with E-state index in [0.717, 1.165) is 0 Å². The molecule has 7 atom stereocenters. The first-order valence-electron chi connectivity index (χ1n) is 12.7. The van der Waals surface area contributed by atoms with Gasteiger partial charge in [-0.05, 0) is 45.6 Å². The Hall–Kier alpha value is -3.06. The fourth-order valence-electron chi connectivity index (χ4n) is 6.76. The summed E-state index contributed by atoms with van der Waals surface area (Å²) in [6, 6.07) is 1.90. The molecule has 2 aliphatic carbocycles. The van der Waals surface area contributed by atoms with Crippen molar-refractivity contribution in [1.82, 2.24) is 4.90 Å². The van der Waals surface area contributed by atoms with Crippen LogP contribution in [0.15, 0.2) is 12.1 Å². The minimum absolute atomic E-state index is 0.0835. The van der Waals surface area contributed by atoms with Gasteiger partial charge in [0.2, 0.25) is 12.1 Å². The van der Waals surface area contributed by atoms with Gasteiger partial charge in [-0.2, -0.15) is 0 Å². The summed E-state index contributed by atoms with van der Waals surface area (Å²) in [4.78, 5) is 29.5. The second-order valence-corrected chi connectivity index (χ2v) is 11.6. The van der Waals surface area contributed by atoms with Crippen LogP contribution >= 0.6 is 0 Å². The normalized spacial score (nSPS) is 34.6. The maximum absolute atomic E-state index is 14.1. The topological polar surface area (TPSA) is 166 Å². The summed E-state index contributed by atoms with van der Waals surface area (Å²) < 4.78 is 17.4. The van der Waals surface area contributed by atoms with E-state index >= 15 is 0 Å². The van der Waals surface area contributed by atoms with Crippen molar-refractivity contribution in [2.45, 2.75) is 68.5 Å². The van der Waals surface area contributed by atoms with E-state index in [2.05, 4.69) is 0 Å². The number of aliphatic hydroxyl groups excluding tert-OH is 2. The average Bonchev–Trinajstić information content (AvgIpc) is 2.84. The number of hydrogen-bond donors (Lipinski definition) is 5. The third-order valence-corrected chi connectivity index (χ3v) is 8.66. The molecule has 1 fully saturated rings. The molecule has 2 aliphatic heterocycles. The Bertz CT molecular complexity index is 1450. The summed E-state index contributed by atoms with van der Waals surface area (Å²) in [6.45, 7) is 3.19. The predicted octanol–water partition coefficient (Wildman–Crippen LogP) is 0.874. The second kappa shape index (κ2) is 8.23. The van der Waals surface area contributed by atoms with Gasteiger partial charge >= 0.3 is 0 Å². The van der Waals surface area contributed by atoms with Crippen LogP contribution in [0, 0.1) is 0 Å².